The fourth-order valence-corrected chi connectivity index (χ4v) is 1.32. The molecule has 2 rings (SSSR count). The van der Waals surface area contributed by atoms with Gasteiger partial charge in [-0.25, -0.2) is 0 Å². The molecule has 0 aliphatic carbocycles. The van der Waals surface area contributed by atoms with Crippen molar-refractivity contribution in [2.45, 2.75) is 33.6 Å². The number of nitrogen functional groups attached to an aromatic ring is 1. The van der Waals surface area contributed by atoms with Gasteiger partial charge >= 0.3 is 0 Å². The number of aryl methyl sites for hydroxylation is 1. The standard InChI is InChI=1S/C9H10N2O.C3H8/c1-2-6-4-3-5-7-8(6)12-11-9(7)10;1-3-2/h3-5H,2H2,1H3,(H2,10,11);3H2,1-2H3. The molecule has 82 valence electrons. The molecule has 0 bridgehead atoms. The molecule has 0 amide bonds. The van der Waals surface area contributed by atoms with Crippen LogP contribution < -0.4 is 5.73 Å². The summed E-state index contributed by atoms with van der Waals surface area (Å²) in [6.45, 7) is 6.33. The third-order valence-corrected chi connectivity index (χ3v) is 1.99. The van der Waals surface area contributed by atoms with Gasteiger partial charge in [0.25, 0.3) is 0 Å². The second kappa shape index (κ2) is 5.39. The Bertz CT molecular complexity index is 420. The van der Waals surface area contributed by atoms with E-state index in [1.54, 1.807) is 0 Å². The van der Waals surface area contributed by atoms with Crippen molar-refractivity contribution in [3.05, 3.63) is 23.8 Å². The van der Waals surface area contributed by atoms with Crippen LogP contribution in [0.15, 0.2) is 22.7 Å². The molecule has 0 saturated heterocycles. The van der Waals surface area contributed by atoms with Crippen molar-refractivity contribution >= 4 is 16.8 Å². The molecule has 15 heavy (non-hydrogen) atoms. The number of nitrogens with zero attached hydrogens (tertiary/aromatic N) is 1. The average Bonchev–Trinajstić information content (AvgIpc) is 2.62. The van der Waals surface area contributed by atoms with Gasteiger partial charge in [-0.05, 0) is 18.1 Å². The third kappa shape index (κ3) is 2.49. The highest BCUT2D eigenvalue weighted by Gasteiger charge is 2.06. The molecular formula is C12H18N2O. The van der Waals surface area contributed by atoms with Crippen LogP contribution in [0.1, 0.15) is 32.8 Å². The number of aromatic nitrogens is 1. The predicted octanol–water partition coefficient (Wildman–Crippen LogP) is 3.39. The molecule has 3 nitrogen and oxygen atoms in total. The monoisotopic (exact) mass is 206 g/mol. The molecule has 0 aliphatic rings. The Kier molecular flexibility index (Phi) is 4.16. The normalized spacial score (nSPS) is 9.80. The number of rotatable bonds is 1. The molecule has 0 spiro atoms. The zero-order valence-corrected chi connectivity index (χ0v) is 9.58. The van der Waals surface area contributed by atoms with Gasteiger partial charge in [-0.2, -0.15) is 0 Å². The van der Waals surface area contributed by atoms with E-state index in [1.807, 2.05) is 18.2 Å². The molecule has 3 heteroatoms. The van der Waals surface area contributed by atoms with E-state index < -0.39 is 0 Å². The Morgan fingerprint density at radius 3 is 2.53 bits per heavy atom. The van der Waals surface area contributed by atoms with E-state index in [1.165, 1.54) is 6.42 Å². The lowest BCUT2D eigenvalue weighted by Gasteiger charge is -1.94. The smallest absolute Gasteiger partial charge is 0.174 e. The van der Waals surface area contributed by atoms with Crippen molar-refractivity contribution in [1.29, 1.82) is 0 Å². The van der Waals surface area contributed by atoms with E-state index in [-0.39, 0.29) is 0 Å². The van der Waals surface area contributed by atoms with Gasteiger partial charge in [0.15, 0.2) is 11.4 Å². The van der Waals surface area contributed by atoms with E-state index in [0.717, 1.165) is 23.0 Å². The Labute approximate surface area is 90.2 Å². The topological polar surface area (TPSA) is 52.0 Å². The van der Waals surface area contributed by atoms with Gasteiger partial charge in [0.1, 0.15) is 0 Å². The van der Waals surface area contributed by atoms with Crippen molar-refractivity contribution in [2.75, 3.05) is 5.73 Å². The van der Waals surface area contributed by atoms with Crippen LogP contribution in [0.4, 0.5) is 5.82 Å². The lowest BCUT2D eigenvalue weighted by Crippen LogP contribution is -1.84. The molecule has 0 radical (unpaired) electrons. The summed E-state index contributed by atoms with van der Waals surface area (Å²) in [4.78, 5) is 0. The van der Waals surface area contributed by atoms with E-state index in [0.29, 0.717) is 5.82 Å². The first-order chi connectivity index (χ1) is 7.24. The van der Waals surface area contributed by atoms with Crippen LogP contribution in [0.25, 0.3) is 11.0 Å². The second-order valence-electron chi connectivity index (χ2n) is 3.42. The van der Waals surface area contributed by atoms with Crippen molar-refractivity contribution in [1.82, 2.24) is 5.16 Å². The van der Waals surface area contributed by atoms with Crippen LogP contribution in [-0.2, 0) is 6.42 Å². The minimum Gasteiger partial charge on any atom is -0.380 e. The number of anilines is 1. The molecule has 1 aromatic carbocycles. The average molecular weight is 206 g/mol. The SMILES string of the molecule is CCC.CCc1cccc2c(N)noc12. The molecule has 0 fully saturated rings. The first-order valence-electron chi connectivity index (χ1n) is 5.37. The van der Waals surface area contributed by atoms with E-state index in [2.05, 4.69) is 25.9 Å². The molecule has 0 atom stereocenters. The van der Waals surface area contributed by atoms with Gasteiger partial charge < -0.3 is 10.3 Å². The van der Waals surface area contributed by atoms with Crippen LogP contribution in [0.2, 0.25) is 0 Å². The van der Waals surface area contributed by atoms with Gasteiger partial charge in [-0.1, -0.05) is 44.5 Å². The quantitative estimate of drug-likeness (QED) is 0.778. The maximum Gasteiger partial charge on any atom is 0.174 e. The minimum atomic E-state index is 0.473. The van der Waals surface area contributed by atoms with E-state index >= 15 is 0 Å². The maximum atomic E-state index is 5.59. The summed E-state index contributed by atoms with van der Waals surface area (Å²) >= 11 is 0. The second-order valence-corrected chi connectivity index (χ2v) is 3.42. The van der Waals surface area contributed by atoms with Crippen molar-refractivity contribution in [3.63, 3.8) is 0 Å². The van der Waals surface area contributed by atoms with E-state index in [4.69, 9.17) is 10.3 Å². The van der Waals surface area contributed by atoms with Gasteiger partial charge in [-0.3, -0.25) is 0 Å². The minimum absolute atomic E-state index is 0.473. The molecule has 1 heterocycles. The van der Waals surface area contributed by atoms with Crippen molar-refractivity contribution in [3.8, 4) is 0 Å². The number of hydrogen-bond acceptors (Lipinski definition) is 3. The van der Waals surface area contributed by atoms with Crippen LogP contribution in [-0.4, -0.2) is 5.16 Å². The molecule has 2 N–H and O–H groups in total. The highest BCUT2D eigenvalue weighted by Crippen LogP contribution is 2.23. The Morgan fingerprint density at radius 1 is 1.27 bits per heavy atom. The zero-order valence-electron chi connectivity index (χ0n) is 9.58. The fourth-order valence-electron chi connectivity index (χ4n) is 1.32. The Balaban J connectivity index is 0.000000337. The fraction of sp³-hybridized carbons (Fsp3) is 0.417. The first-order valence-corrected chi connectivity index (χ1v) is 5.37. The lowest BCUT2D eigenvalue weighted by molar-refractivity contribution is 0.458. The number of hydrogen-bond donors (Lipinski definition) is 1. The molecule has 0 unspecified atom stereocenters. The highest BCUT2D eigenvalue weighted by molar-refractivity contribution is 5.88. The first kappa shape index (κ1) is 11.6. The lowest BCUT2D eigenvalue weighted by atomic mass is 10.1. The van der Waals surface area contributed by atoms with Gasteiger partial charge in [-0.15, -0.1) is 0 Å². The Hall–Kier alpha value is -1.51. The number of nitrogens with two attached hydrogens (primary N) is 1. The Morgan fingerprint density at radius 2 is 1.93 bits per heavy atom. The predicted molar refractivity (Wildman–Crippen MR) is 63.8 cm³/mol. The summed E-state index contributed by atoms with van der Waals surface area (Å²) in [5.74, 6) is 0.473. The molecule has 0 saturated carbocycles. The van der Waals surface area contributed by atoms with Crippen LogP contribution in [0, 0.1) is 0 Å². The van der Waals surface area contributed by atoms with Crippen molar-refractivity contribution < 1.29 is 4.52 Å². The van der Waals surface area contributed by atoms with Gasteiger partial charge in [0.2, 0.25) is 0 Å². The van der Waals surface area contributed by atoms with Crippen LogP contribution in [0.5, 0.6) is 0 Å². The molecule has 2 aromatic rings. The summed E-state index contributed by atoms with van der Waals surface area (Å²) in [7, 11) is 0. The molecule has 1 aromatic heterocycles. The van der Waals surface area contributed by atoms with Gasteiger partial charge in [0, 0.05) is 0 Å². The summed E-state index contributed by atoms with van der Waals surface area (Å²) in [6, 6.07) is 5.90. The van der Waals surface area contributed by atoms with Gasteiger partial charge in [0.05, 0.1) is 5.39 Å². The summed E-state index contributed by atoms with van der Waals surface area (Å²) in [5.41, 5.74) is 7.56. The third-order valence-electron chi connectivity index (χ3n) is 1.99. The van der Waals surface area contributed by atoms with Crippen LogP contribution in [0.3, 0.4) is 0 Å². The molecule has 0 aliphatic heterocycles. The summed E-state index contributed by atoms with van der Waals surface area (Å²) < 4.78 is 5.10. The summed E-state index contributed by atoms with van der Waals surface area (Å²) in [5, 5.41) is 4.62. The van der Waals surface area contributed by atoms with E-state index in [9.17, 15) is 0 Å². The zero-order chi connectivity index (χ0) is 11.3. The maximum absolute atomic E-state index is 5.59. The summed E-state index contributed by atoms with van der Waals surface area (Å²) in [6.07, 6.45) is 2.19. The van der Waals surface area contributed by atoms with Crippen LogP contribution >= 0.6 is 0 Å². The van der Waals surface area contributed by atoms with Crippen molar-refractivity contribution in [2.24, 2.45) is 0 Å². The number of fused-ring (bicyclic) bond motifs is 1. The highest BCUT2D eigenvalue weighted by atomic mass is 16.5. The molecular weight excluding hydrogens is 188 g/mol. The largest absolute Gasteiger partial charge is 0.380 e. The number of benzene rings is 1. The number of para-hydroxylation sites is 1.